The molecule has 6 nitrogen and oxygen atoms in total. The maximum Gasteiger partial charge on any atom is 0.300 e. The van der Waals surface area contributed by atoms with Gasteiger partial charge >= 0.3 is 0 Å². The Kier molecular flexibility index (Phi) is 6.07. The van der Waals surface area contributed by atoms with Crippen LogP contribution in [0.15, 0.2) is 72.3 Å². The Morgan fingerprint density at radius 2 is 1.52 bits per heavy atom. The summed E-state index contributed by atoms with van der Waals surface area (Å²) in [5.41, 5.74) is 1.00. The summed E-state index contributed by atoms with van der Waals surface area (Å²) >= 11 is 5.95. The number of nitrogens with zero attached hydrogens (tertiary/aromatic N) is 1. The normalized spacial score (nSPS) is 17.3. The fraction of sp³-hybridized carbons (Fsp3) is 0.120. The Morgan fingerprint density at radius 1 is 0.939 bits per heavy atom. The number of ketones is 1. The van der Waals surface area contributed by atoms with Crippen LogP contribution in [0, 0.1) is 5.82 Å². The minimum absolute atomic E-state index is 0.101. The standard InChI is InChI=1S/C25H19ClFNO5/c1-32-17-8-3-14(4-9-17)22-21(23(29)15-5-10-18(33-2)11-6-15)24(30)25(31)28(22)16-7-12-20(27)19(26)13-16/h3-13,22,29H,1-2H3/b23-21+. The van der Waals surface area contributed by atoms with Crippen LogP contribution in [0.25, 0.3) is 5.76 Å². The first-order valence-electron chi connectivity index (χ1n) is 9.90. The smallest absolute Gasteiger partial charge is 0.300 e. The van der Waals surface area contributed by atoms with E-state index in [-0.39, 0.29) is 22.0 Å². The van der Waals surface area contributed by atoms with Gasteiger partial charge in [0.1, 0.15) is 23.1 Å². The van der Waals surface area contributed by atoms with Crippen LogP contribution in [-0.4, -0.2) is 31.0 Å². The van der Waals surface area contributed by atoms with Crippen molar-refractivity contribution >= 4 is 34.7 Å². The number of amides is 1. The van der Waals surface area contributed by atoms with E-state index >= 15 is 0 Å². The number of carbonyl (C=O) groups is 2. The lowest BCUT2D eigenvalue weighted by atomic mass is 9.95. The molecule has 33 heavy (non-hydrogen) atoms. The molecule has 1 atom stereocenters. The first-order chi connectivity index (χ1) is 15.8. The molecule has 168 valence electrons. The molecule has 1 aliphatic rings. The summed E-state index contributed by atoms with van der Waals surface area (Å²) in [6.45, 7) is 0. The van der Waals surface area contributed by atoms with Crippen LogP contribution in [0.1, 0.15) is 17.2 Å². The van der Waals surface area contributed by atoms with Gasteiger partial charge in [0.15, 0.2) is 0 Å². The lowest BCUT2D eigenvalue weighted by molar-refractivity contribution is -0.132. The number of aliphatic hydroxyl groups is 1. The van der Waals surface area contributed by atoms with Crippen molar-refractivity contribution in [2.75, 3.05) is 19.1 Å². The Labute approximate surface area is 194 Å². The molecule has 1 fully saturated rings. The number of hydrogen-bond donors (Lipinski definition) is 1. The number of rotatable bonds is 5. The van der Waals surface area contributed by atoms with Gasteiger partial charge in [-0.1, -0.05) is 23.7 Å². The Bertz CT molecular complexity index is 1250. The van der Waals surface area contributed by atoms with Crippen LogP contribution in [0.3, 0.4) is 0 Å². The third-order valence-corrected chi connectivity index (χ3v) is 5.71. The molecule has 0 spiro atoms. The third kappa shape index (κ3) is 4.03. The second-order valence-electron chi connectivity index (χ2n) is 7.27. The largest absolute Gasteiger partial charge is 0.507 e. The number of Topliss-reactive ketones (excluding diaryl/α,β-unsaturated/α-hetero) is 1. The van der Waals surface area contributed by atoms with Crippen molar-refractivity contribution in [3.05, 3.63) is 94.3 Å². The number of benzene rings is 3. The van der Waals surface area contributed by atoms with Gasteiger partial charge in [0, 0.05) is 11.3 Å². The van der Waals surface area contributed by atoms with Gasteiger partial charge in [-0.15, -0.1) is 0 Å². The highest BCUT2D eigenvalue weighted by Crippen LogP contribution is 2.43. The molecule has 3 aromatic carbocycles. The third-order valence-electron chi connectivity index (χ3n) is 5.42. The summed E-state index contributed by atoms with van der Waals surface area (Å²) in [7, 11) is 3.03. The zero-order valence-corrected chi connectivity index (χ0v) is 18.5. The summed E-state index contributed by atoms with van der Waals surface area (Å²) in [5.74, 6) is -1.59. The number of methoxy groups -OCH3 is 2. The highest BCUT2D eigenvalue weighted by atomic mass is 35.5. The van der Waals surface area contributed by atoms with E-state index in [4.69, 9.17) is 21.1 Å². The zero-order valence-electron chi connectivity index (χ0n) is 17.7. The van der Waals surface area contributed by atoms with Crippen LogP contribution in [0.5, 0.6) is 11.5 Å². The van der Waals surface area contributed by atoms with E-state index in [1.54, 1.807) is 48.5 Å². The Balaban J connectivity index is 1.92. The number of ether oxygens (including phenoxy) is 2. The highest BCUT2D eigenvalue weighted by molar-refractivity contribution is 6.51. The molecule has 0 bridgehead atoms. The second-order valence-corrected chi connectivity index (χ2v) is 7.68. The first-order valence-corrected chi connectivity index (χ1v) is 10.3. The lowest BCUT2D eigenvalue weighted by Crippen LogP contribution is -2.29. The maximum absolute atomic E-state index is 13.8. The molecule has 0 aliphatic carbocycles. The van der Waals surface area contributed by atoms with Crippen molar-refractivity contribution in [2.45, 2.75) is 6.04 Å². The highest BCUT2D eigenvalue weighted by Gasteiger charge is 2.47. The molecular weight excluding hydrogens is 449 g/mol. The molecule has 8 heteroatoms. The average Bonchev–Trinajstić information content (AvgIpc) is 3.11. The molecule has 0 aromatic heterocycles. The SMILES string of the molecule is COc1ccc(/C(O)=C2\C(=O)C(=O)N(c3ccc(F)c(Cl)c3)C2c2ccc(OC)cc2)cc1. The Hall–Kier alpha value is -3.84. The zero-order chi connectivity index (χ0) is 23.7. The van der Waals surface area contributed by atoms with Crippen LogP contribution < -0.4 is 14.4 Å². The van der Waals surface area contributed by atoms with Crippen LogP contribution in [0.2, 0.25) is 5.02 Å². The number of carbonyl (C=O) groups excluding carboxylic acids is 2. The van der Waals surface area contributed by atoms with Crippen molar-refractivity contribution in [3.63, 3.8) is 0 Å². The van der Waals surface area contributed by atoms with E-state index in [9.17, 15) is 19.1 Å². The van der Waals surface area contributed by atoms with Crippen LogP contribution in [-0.2, 0) is 9.59 Å². The van der Waals surface area contributed by atoms with Crippen LogP contribution in [0.4, 0.5) is 10.1 Å². The van der Waals surface area contributed by atoms with Crippen molar-refractivity contribution in [1.29, 1.82) is 0 Å². The number of anilines is 1. The van der Waals surface area contributed by atoms with Gasteiger partial charge in [-0.25, -0.2) is 4.39 Å². The number of aliphatic hydroxyl groups excluding tert-OH is 1. The molecule has 0 saturated carbocycles. The minimum Gasteiger partial charge on any atom is -0.507 e. The van der Waals surface area contributed by atoms with Gasteiger partial charge in [-0.3, -0.25) is 14.5 Å². The van der Waals surface area contributed by atoms with Gasteiger partial charge in [0.05, 0.1) is 30.9 Å². The molecule has 1 amide bonds. The summed E-state index contributed by atoms with van der Waals surface area (Å²) in [6, 6.07) is 15.9. The average molecular weight is 468 g/mol. The minimum atomic E-state index is -0.973. The quantitative estimate of drug-likeness (QED) is 0.320. The lowest BCUT2D eigenvalue weighted by Gasteiger charge is -2.25. The number of hydrogen-bond acceptors (Lipinski definition) is 5. The molecule has 1 saturated heterocycles. The van der Waals surface area contributed by atoms with Gasteiger partial charge in [-0.2, -0.15) is 0 Å². The molecule has 1 unspecified atom stereocenters. The monoisotopic (exact) mass is 467 g/mol. The van der Waals surface area contributed by atoms with E-state index in [1.807, 2.05) is 0 Å². The fourth-order valence-corrected chi connectivity index (χ4v) is 3.91. The summed E-state index contributed by atoms with van der Waals surface area (Å²) in [4.78, 5) is 27.4. The van der Waals surface area contributed by atoms with Crippen molar-refractivity contribution in [2.24, 2.45) is 0 Å². The first kappa shape index (κ1) is 22.4. The van der Waals surface area contributed by atoms with Crippen LogP contribution >= 0.6 is 11.6 Å². The number of halogens is 2. The fourth-order valence-electron chi connectivity index (χ4n) is 3.74. The summed E-state index contributed by atoms with van der Waals surface area (Å²) in [5, 5.41) is 10.9. The van der Waals surface area contributed by atoms with E-state index < -0.39 is 23.5 Å². The predicted octanol–water partition coefficient (Wildman–Crippen LogP) is 5.12. The molecule has 3 aromatic rings. The van der Waals surface area contributed by atoms with Crippen molar-refractivity contribution in [3.8, 4) is 11.5 Å². The topological polar surface area (TPSA) is 76.1 Å². The molecule has 1 N–H and O–H groups in total. The van der Waals surface area contributed by atoms with E-state index in [2.05, 4.69) is 0 Å². The van der Waals surface area contributed by atoms with Crippen molar-refractivity contribution in [1.82, 2.24) is 0 Å². The van der Waals surface area contributed by atoms with Gasteiger partial charge in [0.25, 0.3) is 11.7 Å². The molecular formula is C25H19ClFNO5. The van der Waals surface area contributed by atoms with E-state index in [0.717, 1.165) is 6.07 Å². The van der Waals surface area contributed by atoms with Crippen molar-refractivity contribution < 1.29 is 28.6 Å². The van der Waals surface area contributed by atoms with E-state index in [0.29, 0.717) is 22.6 Å². The maximum atomic E-state index is 13.8. The second kappa shape index (κ2) is 8.96. The summed E-state index contributed by atoms with van der Waals surface area (Å²) in [6.07, 6.45) is 0. The molecule has 4 rings (SSSR count). The van der Waals surface area contributed by atoms with Gasteiger partial charge in [-0.05, 0) is 60.2 Å². The summed E-state index contributed by atoms with van der Waals surface area (Å²) < 4.78 is 24.1. The molecule has 1 heterocycles. The predicted molar refractivity (Wildman–Crippen MR) is 122 cm³/mol. The van der Waals surface area contributed by atoms with E-state index in [1.165, 1.54) is 31.3 Å². The molecule has 1 aliphatic heterocycles. The Morgan fingerprint density at radius 3 is 2.06 bits per heavy atom. The van der Waals surface area contributed by atoms with Gasteiger partial charge in [0.2, 0.25) is 0 Å². The van der Waals surface area contributed by atoms with Gasteiger partial charge < -0.3 is 14.6 Å². The molecule has 0 radical (unpaired) electrons.